The molecule has 0 aromatic heterocycles. The molecule has 1 amide bonds. The smallest absolute Gasteiger partial charge is 0.408 e. The van der Waals surface area contributed by atoms with E-state index in [9.17, 15) is 4.79 Å². The van der Waals surface area contributed by atoms with Gasteiger partial charge in [-0.25, -0.2) is 4.79 Å². The molecule has 1 N–H and O–H groups in total. The Bertz CT molecular complexity index is 294. The molecule has 5 nitrogen and oxygen atoms in total. The van der Waals surface area contributed by atoms with Gasteiger partial charge in [0, 0.05) is 0 Å². The van der Waals surface area contributed by atoms with Crippen LogP contribution in [0.25, 0.3) is 0 Å². The van der Waals surface area contributed by atoms with Crippen LogP contribution in [0, 0.1) is 11.3 Å². The standard InChI is InChI=1S/C12H22N2O3/c1-11(2,3)16-8-9(7-13)14-10(15)17-12(4,5)6/h9H,8H2,1-6H3,(H,14,15)/t9-/m1/s1. The van der Waals surface area contributed by atoms with E-state index in [0.29, 0.717) is 0 Å². The molecule has 98 valence electrons. The van der Waals surface area contributed by atoms with Crippen LogP contribution in [0.1, 0.15) is 41.5 Å². The van der Waals surface area contributed by atoms with Gasteiger partial charge in [0.05, 0.1) is 18.3 Å². The van der Waals surface area contributed by atoms with Gasteiger partial charge >= 0.3 is 6.09 Å². The number of nitriles is 1. The van der Waals surface area contributed by atoms with Crippen LogP contribution in [-0.4, -0.2) is 29.9 Å². The molecule has 0 aliphatic heterocycles. The zero-order chi connectivity index (χ0) is 13.7. The van der Waals surface area contributed by atoms with E-state index in [0.717, 1.165) is 0 Å². The summed E-state index contributed by atoms with van der Waals surface area (Å²) < 4.78 is 10.5. The Hall–Kier alpha value is -1.28. The fourth-order valence-corrected chi connectivity index (χ4v) is 0.894. The highest BCUT2D eigenvalue weighted by molar-refractivity contribution is 5.68. The van der Waals surface area contributed by atoms with Gasteiger partial charge in [-0.15, -0.1) is 0 Å². The van der Waals surface area contributed by atoms with Crippen LogP contribution in [-0.2, 0) is 9.47 Å². The molecule has 0 saturated heterocycles. The molecule has 5 heteroatoms. The lowest BCUT2D eigenvalue weighted by atomic mass is 10.2. The maximum atomic E-state index is 11.4. The third kappa shape index (κ3) is 9.64. The lowest BCUT2D eigenvalue weighted by Gasteiger charge is -2.24. The first-order valence-corrected chi connectivity index (χ1v) is 5.56. The predicted octanol–water partition coefficient (Wildman–Crippen LogP) is 2.22. The molecule has 0 aromatic rings. The zero-order valence-corrected chi connectivity index (χ0v) is 11.5. The molecule has 0 spiro atoms. The van der Waals surface area contributed by atoms with Gasteiger partial charge in [-0.2, -0.15) is 5.26 Å². The van der Waals surface area contributed by atoms with Crippen molar-refractivity contribution in [3.05, 3.63) is 0 Å². The molecular weight excluding hydrogens is 220 g/mol. The van der Waals surface area contributed by atoms with Gasteiger partial charge in [0.25, 0.3) is 0 Å². The number of rotatable bonds is 3. The van der Waals surface area contributed by atoms with Crippen molar-refractivity contribution in [2.24, 2.45) is 0 Å². The van der Waals surface area contributed by atoms with Crippen LogP contribution < -0.4 is 5.32 Å². The average Bonchev–Trinajstić information content (AvgIpc) is 2.07. The van der Waals surface area contributed by atoms with Crippen LogP contribution in [0.5, 0.6) is 0 Å². The lowest BCUT2D eigenvalue weighted by molar-refractivity contribution is -0.0107. The van der Waals surface area contributed by atoms with Crippen molar-refractivity contribution >= 4 is 6.09 Å². The van der Waals surface area contributed by atoms with Crippen LogP contribution in [0.4, 0.5) is 4.79 Å². The summed E-state index contributed by atoms with van der Waals surface area (Å²) in [5, 5.41) is 11.3. The number of alkyl carbamates (subject to hydrolysis) is 1. The van der Waals surface area contributed by atoms with Gasteiger partial charge < -0.3 is 14.8 Å². The normalized spacial score (nSPS) is 13.7. The van der Waals surface area contributed by atoms with E-state index in [-0.39, 0.29) is 12.2 Å². The number of hydrogen-bond donors (Lipinski definition) is 1. The Kier molecular flexibility index (Phi) is 5.43. The van der Waals surface area contributed by atoms with Crippen molar-refractivity contribution < 1.29 is 14.3 Å². The number of carbonyl (C=O) groups excluding carboxylic acids is 1. The Morgan fingerprint density at radius 2 is 1.76 bits per heavy atom. The number of amides is 1. The molecule has 0 unspecified atom stereocenters. The molecule has 0 heterocycles. The second kappa shape index (κ2) is 5.87. The highest BCUT2D eigenvalue weighted by Gasteiger charge is 2.21. The van der Waals surface area contributed by atoms with Gasteiger partial charge in [-0.05, 0) is 41.5 Å². The van der Waals surface area contributed by atoms with Crippen LogP contribution in [0.15, 0.2) is 0 Å². The van der Waals surface area contributed by atoms with E-state index in [1.807, 2.05) is 26.8 Å². The van der Waals surface area contributed by atoms with E-state index >= 15 is 0 Å². The van der Waals surface area contributed by atoms with Crippen LogP contribution in [0.2, 0.25) is 0 Å². The molecule has 0 fully saturated rings. The molecule has 0 radical (unpaired) electrons. The Morgan fingerprint density at radius 3 is 2.12 bits per heavy atom. The highest BCUT2D eigenvalue weighted by atomic mass is 16.6. The first-order chi connectivity index (χ1) is 7.53. The minimum absolute atomic E-state index is 0.138. The summed E-state index contributed by atoms with van der Waals surface area (Å²) in [4.78, 5) is 11.4. The van der Waals surface area contributed by atoms with E-state index < -0.39 is 17.7 Å². The number of nitrogens with one attached hydrogen (secondary N) is 1. The Labute approximate surface area is 103 Å². The molecule has 0 bridgehead atoms. The first kappa shape index (κ1) is 15.7. The Morgan fingerprint density at radius 1 is 1.24 bits per heavy atom. The summed E-state index contributed by atoms with van der Waals surface area (Å²) in [6, 6.07) is 1.25. The summed E-state index contributed by atoms with van der Waals surface area (Å²) in [6.45, 7) is 11.1. The van der Waals surface area contributed by atoms with E-state index in [1.165, 1.54) is 0 Å². The summed E-state index contributed by atoms with van der Waals surface area (Å²) in [7, 11) is 0. The molecular formula is C12H22N2O3. The molecule has 0 saturated carbocycles. The van der Waals surface area contributed by atoms with Crippen LogP contribution in [0.3, 0.4) is 0 Å². The van der Waals surface area contributed by atoms with Crippen molar-refractivity contribution in [3.8, 4) is 6.07 Å². The first-order valence-electron chi connectivity index (χ1n) is 5.56. The highest BCUT2D eigenvalue weighted by Crippen LogP contribution is 2.08. The molecule has 0 aliphatic carbocycles. The molecule has 0 aromatic carbocycles. The van der Waals surface area contributed by atoms with Crippen molar-refractivity contribution in [1.29, 1.82) is 5.26 Å². The third-order valence-electron chi connectivity index (χ3n) is 1.53. The molecule has 17 heavy (non-hydrogen) atoms. The lowest BCUT2D eigenvalue weighted by Crippen LogP contribution is -2.42. The summed E-state index contributed by atoms with van der Waals surface area (Å²) in [6.07, 6.45) is -0.610. The minimum atomic E-state index is -0.705. The van der Waals surface area contributed by atoms with Crippen molar-refractivity contribution in [2.75, 3.05) is 6.61 Å². The summed E-state index contributed by atoms with van der Waals surface area (Å²) in [5.74, 6) is 0. The quantitative estimate of drug-likeness (QED) is 0.823. The van der Waals surface area contributed by atoms with Crippen molar-refractivity contribution in [2.45, 2.75) is 58.8 Å². The zero-order valence-electron chi connectivity index (χ0n) is 11.5. The number of ether oxygens (including phenoxy) is 2. The van der Waals surface area contributed by atoms with Crippen molar-refractivity contribution in [3.63, 3.8) is 0 Å². The van der Waals surface area contributed by atoms with Gasteiger partial charge in [0.1, 0.15) is 11.6 Å². The van der Waals surface area contributed by atoms with Crippen LogP contribution >= 0.6 is 0 Å². The van der Waals surface area contributed by atoms with E-state index in [2.05, 4.69) is 5.32 Å². The Balaban J connectivity index is 4.15. The average molecular weight is 242 g/mol. The van der Waals surface area contributed by atoms with Crippen molar-refractivity contribution in [1.82, 2.24) is 5.32 Å². The van der Waals surface area contributed by atoms with E-state index in [1.54, 1.807) is 20.8 Å². The largest absolute Gasteiger partial charge is 0.444 e. The van der Waals surface area contributed by atoms with Gasteiger partial charge in [-0.3, -0.25) is 0 Å². The summed E-state index contributed by atoms with van der Waals surface area (Å²) in [5.41, 5.74) is -0.917. The fraction of sp³-hybridized carbons (Fsp3) is 0.833. The maximum Gasteiger partial charge on any atom is 0.408 e. The predicted molar refractivity (Wildman–Crippen MR) is 64.5 cm³/mol. The fourth-order valence-electron chi connectivity index (χ4n) is 0.894. The maximum absolute atomic E-state index is 11.4. The van der Waals surface area contributed by atoms with Gasteiger partial charge in [0.15, 0.2) is 0 Å². The SMILES string of the molecule is CC(C)(C)OC[C@@H](C#N)NC(=O)OC(C)(C)C. The summed E-state index contributed by atoms with van der Waals surface area (Å²) >= 11 is 0. The topological polar surface area (TPSA) is 71.3 Å². The number of nitrogens with zero attached hydrogens (tertiary/aromatic N) is 1. The van der Waals surface area contributed by atoms with Gasteiger partial charge in [0.2, 0.25) is 0 Å². The molecule has 0 aliphatic rings. The minimum Gasteiger partial charge on any atom is -0.444 e. The second-order valence-corrected chi connectivity index (χ2v) is 5.75. The van der Waals surface area contributed by atoms with Gasteiger partial charge in [-0.1, -0.05) is 0 Å². The number of hydrogen-bond acceptors (Lipinski definition) is 4. The van der Waals surface area contributed by atoms with E-state index in [4.69, 9.17) is 14.7 Å². The molecule has 1 atom stereocenters. The second-order valence-electron chi connectivity index (χ2n) is 5.75. The molecule has 0 rings (SSSR count). The third-order valence-corrected chi connectivity index (χ3v) is 1.53. The monoisotopic (exact) mass is 242 g/mol. The number of carbonyl (C=O) groups is 1.